The highest BCUT2D eigenvalue weighted by Gasteiger charge is 2.17. The zero-order chi connectivity index (χ0) is 18.8. The number of hydrogen-bond acceptors (Lipinski definition) is 4. The van der Waals surface area contributed by atoms with Crippen molar-refractivity contribution in [3.05, 3.63) is 23.8 Å². The summed E-state index contributed by atoms with van der Waals surface area (Å²) < 4.78 is 10.6. The van der Waals surface area contributed by atoms with Crippen molar-refractivity contribution in [1.82, 2.24) is 15.5 Å². The molecule has 1 aliphatic rings. The molecular formula is C19H31IN4O3. The van der Waals surface area contributed by atoms with Gasteiger partial charge < -0.3 is 25.0 Å². The van der Waals surface area contributed by atoms with E-state index < -0.39 is 0 Å². The van der Waals surface area contributed by atoms with Crippen molar-refractivity contribution < 1.29 is 14.3 Å². The number of halogens is 1. The molecule has 0 spiro atoms. The third-order valence-electron chi connectivity index (χ3n) is 4.30. The number of nitrogens with one attached hydrogen (secondary N) is 2. The van der Waals surface area contributed by atoms with E-state index in [2.05, 4.69) is 15.6 Å². The van der Waals surface area contributed by atoms with E-state index >= 15 is 0 Å². The van der Waals surface area contributed by atoms with Crippen molar-refractivity contribution in [2.75, 3.05) is 40.4 Å². The smallest absolute Gasteiger partial charge is 0.224 e. The van der Waals surface area contributed by atoms with Crippen LogP contribution in [0.15, 0.2) is 23.2 Å². The number of likely N-dealkylation sites (tertiary alicyclic amines) is 1. The Balaban J connectivity index is 0.00000364. The number of hydrogen-bond donors (Lipinski definition) is 2. The average Bonchev–Trinajstić information content (AvgIpc) is 3.20. The predicted molar refractivity (Wildman–Crippen MR) is 118 cm³/mol. The number of aliphatic imine (C=N–C) groups is 1. The number of carbonyl (C=O) groups excluding carboxylic acids is 1. The van der Waals surface area contributed by atoms with Crippen LogP contribution in [0.4, 0.5) is 0 Å². The van der Waals surface area contributed by atoms with E-state index in [0.717, 1.165) is 38.0 Å². The van der Waals surface area contributed by atoms with Gasteiger partial charge in [-0.05, 0) is 37.5 Å². The maximum Gasteiger partial charge on any atom is 0.224 e. The molecule has 0 radical (unpaired) electrons. The molecule has 1 fully saturated rings. The van der Waals surface area contributed by atoms with Gasteiger partial charge in [-0.15, -0.1) is 24.0 Å². The van der Waals surface area contributed by atoms with Gasteiger partial charge in [0, 0.05) is 32.6 Å². The fourth-order valence-corrected chi connectivity index (χ4v) is 2.90. The summed E-state index contributed by atoms with van der Waals surface area (Å²) in [6.45, 7) is 5.66. The standard InChI is InChI=1S/C19H30N4O3.HI/c1-4-20-19(21-10-9-18(24)23-11-5-6-12-23)22-14-15-7-8-16(25-2)17(13-15)26-3;/h7-8,13H,4-6,9-12,14H2,1-3H3,(H2,20,21,22);1H. The second kappa shape index (κ2) is 12.6. The minimum Gasteiger partial charge on any atom is -0.493 e. The van der Waals surface area contributed by atoms with Crippen LogP contribution in [0, 0.1) is 0 Å². The molecule has 7 nitrogen and oxygen atoms in total. The van der Waals surface area contributed by atoms with Gasteiger partial charge in [0.25, 0.3) is 0 Å². The van der Waals surface area contributed by atoms with Gasteiger partial charge in [0.15, 0.2) is 17.5 Å². The van der Waals surface area contributed by atoms with Crippen molar-refractivity contribution in [2.45, 2.75) is 32.7 Å². The van der Waals surface area contributed by atoms with Gasteiger partial charge in [0.05, 0.1) is 20.8 Å². The van der Waals surface area contributed by atoms with Gasteiger partial charge in [-0.1, -0.05) is 6.07 Å². The van der Waals surface area contributed by atoms with Crippen molar-refractivity contribution in [3.8, 4) is 11.5 Å². The highest BCUT2D eigenvalue weighted by Crippen LogP contribution is 2.27. The summed E-state index contributed by atoms with van der Waals surface area (Å²) in [4.78, 5) is 18.6. The summed E-state index contributed by atoms with van der Waals surface area (Å²) in [5, 5.41) is 6.44. The largest absolute Gasteiger partial charge is 0.493 e. The van der Waals surface area contributed by atoms with Crippen LogP contribution in [0.25, 0.3) is 0 Å². The Labute approximate surface area is 178 Å². The van der Waals surface area contributed by atoms with Gasteiger partial charge >= 0.3 is 0 Å². The minimum atomic E-state index is 0. The lowest BCUT2D eigenvalue weighted by Crippen LogP contribution is -2.39. The first-order valence-corrected chi connectivity index (χ1v) is 9.18. The first-order valence-electron chi connectivity index (χ1n) is 9.18. The van der Waals surface area contributed by atoms with Crippen molar-refractivity contribution in [1.29, 1.82) is 0 Å². The second-order valence-corrected chi connectivity index (χ2v) is 6.15. The highest BCUT2D eigenvalue weighted by molar-refractivity contribution is 14.0. The van der Waals surface area contributed by atoms with Gasteiger partial charge in [-0.25, -0.2) is 4.99 Å². The average molecular weight is 490 g/mol. The maximum atomic E-state index is 12.1. The molecular weight excluding hydrogens is 459 g/mol. The molecule has 27 heavy (non-hydrogen) atoms. The van der Waals surface area contributed by atoms with Crippen LogP contribution >= 0.6 is 24.0 Å². The molecule has 152 valence electrons. The van der Waals surface area contributed by atoms with Crippen LogP contribution in [-0.4, -0.2) is 57.2 Å². The number of methoxy groups -OCH3 is 2. The van der Waals surface area contributed by atoms with E-state index in [-0.39, 0.29) is 29.9 Å². The number of rotatable bonds is 8. The predicted octanol–water partition coefficient (Wildman–Crippen LogP) is 2.39. The molecule has 1 aliphatic heterocycles. The van der Waals surface area contributed by atoms with E-state index in [9.17, 15) is 4.79 Å². The molecule has 8 heteroatoms. The van der Waals surface area contributed by atoms with Crippen molar-refractivity contribution in [3.63, 3.8) is 0 Å². The Kier molecular flexibility index (Phi) is 10.9. The molecule has 0 saturated carbocycles. The Morgan fingerprint density at radius 1 is 1.15 bits per heavy atom. The summed E-state index contributed by atoms with van der Waals surface area (Å²) in [6, 6.07) is 5.76. The molecule has 1 amide bonds. The summed E-state index contributed by atoms with van der Waals surface area (Å²) >= 11 is 0. The molecule has 2 N–H and O–H groups in total. The Morgan fingerprint density at radius 3 is 2.48 bits per heavy atom. The molecule has 0 atom stereocenters. The first kappa shape index (κ1) is 23.3. The summed E-state index contributed by atoms with van der Waals surface area (Å²) in [5.41, 5.74) is 1.02. The lowest BCUT2D eigenvalue weighted by molar-refractivity contribution is -0.129. The molecule has 0 bridgehead atoms. The lowest BCUT2D eigenvalue weighted by atomic mass is 10.2. The van der Waals surface area contributed by atoms with Gasteiger partial charge in [0.1, 0.15) is 0 Å². The third kappa shape index (κ3) is 7.43. The number of carbonyl (C=O) groups is 1. The van der Waals surface area contributed by atoms with Gasteiger partial charge in [-0.3, -0.25) is 4.79 Å². The normalized spacial score (nSPS) is 13.7. The lowest BCUT2D eigenvalue weighted by Gasteiger charge is -2.16. The van der Waals surface area contributed by atoms with E-state index in [1.54, 1.807) is 14.2 Å². The van der Waals surface area contributed by atoms with E-state index in [1.165, 1.54) is 0 Å². The topological polar surface area (TPSA) is 75.2 Å². The monoisotopic (exact) mass is 490 g/mol. The van der Waals surface area contributed by atoms with Crippen LogP contribution in [0.3, 0.4) is 0 Å². The van der Waals surface area contributed by atoms with Crippen molar-refractivity contribution in [2.24, 2.45) is 4.99 Å². The van der Waals surface area contributed by atoms with Crippen molar-refractivity contribution >= 4 is 35.8 Å². The fourth-order valence-electron chi connectivity index (χ4n) is 2.90. The summed E-state index contributed by atoms with van der Waals surface area (Å²) in [7, 11) is 3.24. The molecule has 1 aromatic rings. The second-order valence-electron chi connectivity index (χ2n) is 6.15. The summed E-state index contributed by atoms with van der Waals surface area (Å²) in [5.74, 6) is 2.31. The summed E-state index contributed by atoms with van der Waals surface area (Å²) in [6.07, 6.45) is 2.73. The van der Waals surface area contributed by atoms with Gasteiger partial charge in [0.2, 0.25) is 5.91 Å². The molecule has 2 rings (SSSR count). The molecule has 1 saturated heterocycles. The molecule has 1 aromatic carbocycles. The zero-order valence-electron chi connectivity index (χ0n) is 16.4. The molecule has 0 unspecified atom stereocenters. The first-order chi connectivity index (χ1) is 12.7. The number of amides is 1. The van der Waals surface area contributed by atoms with Crippen LogP contribution in [0.5, 0.6) is 11.5 Å². The minimum absolute atomic E-state index is 0. The zero-order valence-corrected chi connectivity index (χ0v) is 18.7. The van der Waals surface area contributed by atoms with Gasteiger partial charge in [-0.2, -0.15) is 0 Å². The number of ether oxygens (including phenoxy) is 2. The van der Waals surface area contributed by atoms with Crippen LogP contribution in [0.2, 0.25) is 0 Å². The Hall–Kier alpha value is -1.71. The highest BCUT2D eigenvalue weighted by atomic mass is 127. The van der Waals surface area contributed by atoms with Crippen LogP contribution < -0.4 is 20.1 Å². The Bertz CT molecular complexity index is 619. The number of nitrogens with zero attached hydrogens (tertiary/aromatic N) is 2. The SMILES string of the molecule is CCNC(=NCc1ccc(OC)c(OC)c1)NCCC(=O)N1CCCC1.I. The molecule has 0 aliphatic carbocycles. The van der Waals surface area contributed by atoms with E-state index in [4.69, 9.17) is 9.47 Å². The third-order valence-corrected chi connectivity index (χ3v) is 4.30. The molecule has 0 aromatic heterocycles. The number of benzene rings is 1. The Morgan fingerprint density at radius 2 is 1.85 bits per heavy atom. The quantitative estimate of drug-likeness (QED) is 0.333. The molecule has 1 heterocycles. The van der Waals surface area contributed by atoms with E-state index in [0.29, 0.717) is 37.0 Å². The fraction of sp³-hybridized carbons (Fsp3) is 0.579. The van der Waals surface area contributed by atoms with E-state index in [1.807, 2.05) is 30.0 Å². The maximum absolute atomic E-state index is 12.1. The van der Waals surface area contributed by atoms with Crippen LogP contribution in [0.1, 0.15) is 31.7 Å². The van der Waals surface area contributed by atoms with Crippen LogP contribution in [-0.2, 0) is 11.3 Å². The number of guanidine groups is 1.